The molecule has 24 heavy (non-hydrogen) atoms. The Morgan fingerprint density at radius 2 is 1.79 bits per heavy atom. The Bertz CT molecular complexity index is 510. The van der Waals surface area contributed by atoms with Crippen LogP contribution in [0.15, 0.2) is 24.3 Å². The van der Waals surface area contributed by atoms with E-state index in [0.717, 1.165) is 44.5 Å². The Morgan fingerprint density at radius 3 is 2.50 bits per heavy atom. The molecule has 0 aromatic heterocycles. The van der Waals surface area contributed by atoms with E-state index in [2.05, 4.69) is 17.1 Å². The van der Waals surface area contributed by atoms with Gasteiger partial charge < -0.3 is 19.7 Å². The van der Waals surface area contributed by atoms with Gasteiger partial charge in [0.1, 0.15) is 11.5 Å². The molecule has 1 amide bonds. The van der Waals surface area contributed by atoms with Crippen LogP contribution in [-0.4, -0.2) is 49.2 Å². The molecule has 6 heteroatoms. The number of rotatable bonds is 6. The molecule has 2 bridgehead atoms. The second kappa shape index (κ2) is 9.14. The summed E-state index contributed by atoms with van der Waals surface area (Å²) in [7, 11) is 0. The molecule has 0 radical (unpaired) electrons. The number of carbonyl (C=O) groups excluding carboxylic acids is 1. The van der Waals surface area contributed by atoms with Gasteiger partial charge in [-0.1, -0.05) is 6.92 Å². The van der Waals surface area contributed by atoms with Crippen LogP contribution in [0.4, 0.5) is 0 Å². The first-order valence-electron chi connectivity index (χ1n) is 8.65. The van der Waals surface area contributed by atoms with Crippen LogP contribution in [0.1, 0.15) is 32.6 Å². The van der Waals surface area contributed by atoms with Crippen molar-refractivity contribution in [3.8, 4) is 11.5 Å². The van der Waals surface area contributed by atoms with Crippen molar-refractivity contribution < 1.29 is 14.3 Å². The van der Waals surface area contributed by atoms with Crippen LogP contribution in [0.25, 0.3) is 0 Å². The third-order valence-electron chi connectivity index (χ3n) is 4.60. The maximum Gasteiger partial charge on any atom is 0.261 e. The van der Waals surface area contributed by atoms with Gasteiger partial charge in [-0.3, -0.25) is 4.79 Å². The third-order valence-corrected chi connectivity index (χ3v) is 4.60. The zero-order valence-corrected chi connectivity index (χ0v) is 15.0. The van der Waals surface area contributed by atoms with Crippen LogP contribution in [0, 0.1) is 0 Å². The predicted octanol–water partition coefficient (Wildman–Crippen LogP) is 2.63. The molecular formula is C18H27ClN2O3. The monoisotopic (exact) mass is 354 g/mol. The number of nitrogens with one attached hydrogen (secondary N) is 1. The highest BCUT2D eigenvalue weighted by Crippen LogP contribution is 2.28. The van der Waals surface area contributed by atoms with E-state index in [1.165, 1.54) is 0 Å². The van der Waals surface area contributed by atoms with Crippen molar-refractivity contribution in [1.82, 2.24) is 10.2 Å². The van der Waals surface area contributed by atoms with Crippen LogP contribution in [0.3, 0.4) is 0 Å². The molecule has 2 fully saturated rings. The van der Waals surface area contributed by atoms with E-state index in [0.29, 0.717) is 24.4 Å². The molecule has 1 N–H and O–H groups in total. The highest BCUT2D eigenvalue weighted by Gasteiger charge is 2.37. The largest absolute Gasteiger partial charge is 0.494 e. The highest BCUT2D eigenvalue weighted by molar-refractivity contribution is 5.85. The summed E-state index contributed by atoms with van der Waals surface area (Å²) in [5.74, 6) is 1.65. The second-order valence-electron chi connectivity index (χ2n) is 6.29. The minimum absolute atomic E-state index is 0. The molecule has 134 valence electrons. The van der Waals surface area contributed by atoms with Crippen LogP contribution < -0.4 is 14.8 Å². The number of fused-ring (bicyclic) bond motifs is 2. The van der Waals surface area contributed by atoms with Crippen LogP contribution in [0.5, 0.6) is 11.5 Å². The molecule has 1 aromatic rings. The summed E-state index contributed by atoms with van der Waals surface area (Å²) < 4.78 is 11.2. The molecule has 0 saturated carbocycles. The summed E-state index contributed by atoms with van der Waals surface area (Å²) in [5.41, 5.74) is 0. The van der Waals surface area contributed by atoms with Gasteiger partial charge in [-0.25, -0.2) is 0 Å². The minimum Gasteiger partial charge on any atom is -0.494 e. The summed E-state index contributed by atoms with van der Waals surface area (Å²) in [6.45, 7) is 4.82. The second-order valence-corrected chi connectivity index (χ2v) is 6.29. The number of benzene rings is 1. The lowest BCUT2D eigenvalue weighted by atomic mass is 10.1. The maximum absolute atomic E-state index is 12.5. The number of hydrogen-bond donors (Lipinski definition) is 1. The molecule has 2 aliphatic heterocycles. The predicted molar refractivity (Wildman–Crippen MR) is 96.1 cm³/mol. The number of halogens is 1. The van der Waals surface area contributed by atoms with Crippen molar-refractivity contribution in [3.63, 3.8) is 0 Å². The molecule has 1 aromatic carbocycles. The fraction of sp³-hybridized carbons (Fsp3) is 0.611. The number of ether oxygens (including phenoxy) is 2. The van der Waals surface area contributed by atoms with Gasteiger partial charge in [-0.2, -0.15) is 0 Å². The van der Waals surface area contributed by atoms with Gasteiger partial charge in [-0.05, 0) is 56.5 Å². The molecular weight excluding hydrogens is 328 g/mol. The van der Waals surface area contributed by atoms with Gasteiger partial charge in [0.15, 0.2) is 6.61 Å². The van der Waals surface area contributed by atoms with E-state index in [-0.39, 0.29) is 24.9 Å². The van der Waals surface area contributed by atoms with Gasteiger partial charge in [0.05, 0.1) is 6.61 Å². The standard InChI is InChI=1S/C18H26N2O3.ClH/c1-2-11-22-16-5-7-17(8-6-16)23-13-18(21)20-14-3-4-15(20)12-19-10-9-14;/h5-8,14-15,19H,2-4,9-13H2,1H3;1H. The molecule has 0 spiro atoms. The van der Waals surface area contributed by atoms with Gasteiger partial charge in [0, 0.05) is 18.6 Å². The van der Waals surface area contributed by atoms with Crippen molar-refractivity contribution in [3.05, 3.63) is 24.3 Å². The van der Waals surface area contributed by atoms with Crippen LogP contribution in [-0.2, 0) is 4.79 Å². The smallest absolute Gasteiger partial charge is 0.261 e. The van der Waals surface area contributed by atoms with Gasteiger partial charge >= 0.3 is 0 Å². The molecule has 2 unspecified atom stereocenters. The Hall–Kier alpha value is -1.46. The van der Waals surface area contributed by atoms with Crippen LogP contribution >= 0.6 is 12.4 Å². The van der Waals surface area contributed by atoms with Gasteiger partial charge in [-0.15, -0.1) is 12.4 Å². The zero-order chi connectivity index (χ0) is 16.1. The van der Waals surface area contributed by atoms with Crippen molar-refractivity contribution in [2.75, 3.05) is 26.3 Å². The van der Waals surface area contributed by atoms with Gasteiger partial charge in [0.25, 0.3) is 5.91 Å². The lowest BCUT2D eigenvalue weighted by molar-refractivity contribution is -0.136. The summed E-state index contributed by atoms with van der Waals surface area (Å²) in [5, 5.41) is 3.41. The summed E-state index contributed by atoms with van der Waals surface area (Å²) >= 11 is 0. The van der Waals surface area contributed by atoms with Crippen molar-refractivity contribution >= 4 is 18.3 Å². The average Bonchev–Trinajstić information content (AvgIpc) is 2.84. The Labute approximate surface area is 150 Å². The summed E-state index contributed by atoms with van der Waals surface area (Å²) in [4.78, 5) is 14.6. The molecule has 3 rings (SSSR count). The Kier molecular flexibility index (Phi) is 7.18. The fourth-order valence-corrected chi connectivity index (χ4v) is 3.46. The minimum atomic E-state index is 0. The quantitative estimate of drug-likeness (QED) is 0.853. The van der Waals surface area contributed by atoms with E-state index in [4.69, 9.17) is 9.47 Å². The first-order chi connectivity index (χ1) is 11.3. The van der Waals surface area contributed by atoms with Crippen molar-refractivity contribution in [2.24, 2.45) is 0 Å². The van der Waals surface area contributed by atoms with E-state index in [1.807, 2.05) is 24.3 Å². The molecule has 2 saturated heterocycles. The van der Waals surface area contributed by atoms with E-state index in [1.54, 1.807) is 0 Å². The Balaban J connectivity index is 0.00000208. The normalized spacial score (nSPS) is 22.5. The maximum atomic E-state index is 12.5. The van der Waals surface area contributed by atoms with E-state index >= 15 is 0 Å². The number of carbonyl (C=O) groups is 1. The lowest BCUT2D eigenvalue weighted by Crippen LogP contribution is -2.44. The van der Waals surface area contributed by atoms with E-state index < -0.39 is 0 Å². The summed E-state index contributed by atoms with van der Waals surface area (Å²) in [6, 6.07) is 8.21. The number of hydrogen-bond acceptors (Lipinski definition) is 4. The molecule has 2 aliphatic rings. The van der Waals surface area contributed by atoms with Crippen molar-refractivity contribution in [2.45, 2.75) is 44.7 Å². The van der Waals surface area contributed by atoms with Gasteiger partial charge in [0.2, 0.25) is 0 Å². The summed E-state index contributed by atoms with van der Waals surface area (Å²) in [6.07, 6.45) is 4.26. The molecule has 5 nitrogen and oxygen atoms in total. The highest BCUT2D eigenvalue weighted by atomic mass is 35.5. The molecule has 2 atom stereocenters. The molecule has 0 aliphatic carbocycles. The Morgan fingerprint density at radius 1 is 1.12 bits per heavy atom. The topological polar surface area (TPSA) is 50.8 Å². The SMILES string of the molecule is CCCOc1ccc(OCC(=O)N2C3CCNCC2CC3)cc1.Cl. The van der Waals surface area contributed by atoms with Crippen LogP contribution in [0.2, 0.25) is 0 Å². The number of nitrogens with zero attached hydrogens (tertiary/aromatic N) is 1. The number of amides is 1. The van der Waals surface area contributed by atoms with E-state index in [9.17, 15) is 4.79 Å². The third kappa shape index (κ3) is 4.54. The lowest BCUT2D eigenvalue weighted by Gasteiger charge is -2.27. The molecule has 2 heterocycles. The zero-order valence-electron chi connectivity index (χ0n) is 14.2. The first kappa shape index (κ1) is 18.9. The average molecular weight is 355 g/mol. The van der Waals surface area contributed by atoms with Crippen molar-refractivity contribution in [1.29, 1.82) is 0 Å². The fourth-order valence-electron chi connectivity index (χ4n) is 3.46. The first-order valence-corrected chi connectivity index (χ1v) is 8.65.